The van der Waals surface area contributed by atoms with Crippen molar-refractivity contribution in [2.75, 3.05) is 9.80 Å². The predicted octanol–water partition coefficient (Wildman–Crippen LogP) is 15.3. The van der Waals surface area contributed by atoms with Crippen LogP contribution in [0.1, 0.15) is 22.3 Å². The van der Waals surface area contributed by atoms with E-state index in [1.54, 1.807) is 0 Å². The molecule has 3 heteroatoms. The summed E-state index contributed by atoms with van der Waals surface area (Å²) in [6.07, 6.45) is 0. The summed E-state index contributed by atoms with van der Waals surface area (Å²) in [4.78, 5) is 4.79. The van der Waals surface area contributed by atoms with E-state index in [-0.39, 0.29) is 0 Å². The van der Waals surface area contributed by atoms with Crippen LogP contribution in [-0.4, -0.2) is 0 Å². The number of para-hydroxylation sites is 3. The van der Waals surface area contributed by atoms with Gasteiger partial charge in [0.2, 0.25) is 0 Å². The summed E-state index contributed by atoms with van der Waals surface area (Å²) in [5.41, 5.74) is 16.8. The normalized spacial score (nSPS) is 14.6. The second-order valence-corrected chi connectivity index (χ2v) is 16.3. The molecule has 0 bridgehead atoms. The standard InChI is InChI=1S/C55H36N2S/c1-4-16-37(17-5-1)56(38-18-6-2-7-19-38)40-29-32-51-47(34-40)43-22-10-13-25-49(43)55(51)50-26-14-11-23-44(50)48-35-41(30-33-52(48)55)57(39-20-8-3-9-21-39)42-28-31-46-45-24-12-15-27-53(45)58-54(46)36-42/h1-36H. The number of anilines is 6. The molecule has 0 fully saturated rings. The highest BCUT2D eigenvalue weighted by atomic mass is 32.1. The van der Waals surface area contributed by atoms with Crippen LogP contribution in [0.5, 0.6) is 0 Å². The van der Waals surface area contributed by atoms with Gasteiger partial charge in [-0.1, -0.05) is 140 Å². The fraction of sp³-hybridized carbons (Fsp3) is 0.0182. The number of hydrogen-bond donors (Lipinski definition) is 0. The molecule has 58 heavy (non-hydrogen) atoms. The topological polar surface area (TPSA) is 6.48 Å². The molecule has 1 spiro atoms. The van der Waals surface area contributed by atoms with Crippen molar-refractivity contribution in [1.29, 1.82) is 0 Å². The van der Waals surface area contributed by atoms with Crippen LogP contribution in [0.25, 0.3) is 42.4 Å². The van der Waals surface area contributed by atoms with Crippen LogP contribution in [0.4, 0.5) is 34.1 Å². The molecule has 1 heterocycles. The molecule has 0 radical (unpaired) electrons. The Morgan fingerprint density at radius 1 is 0.276 bits per heavy atom. The molecule has 1 unspecified atom stereocenters. The Morgan fingerprint density at radius 3 is 1.22 bits per heavy atom. The predicted molar refractivity (Wildman–Crippen MR) is 245 cm³/mol. The van der Waals surface area contributed by atoms with Gasteiger partial charge in [-0.3, -0.25) is 0 Å². The van der Waals surface area contributed by atoms with Gasteiger partial charge in [0, 0.05) is 54.3 Å². The number of nitrogens with zero attached hydrogens (tertiary/aromatic N) is 2. The Bertz CT molecular complexity index is 3150. The van der Waals surface area contributed by atoms with Gasteiger partial charge < -0.3 is 9.80 Å². The summed E-state index contributed by atoms with van der Waals surface area (Å²) in [5.74, 6) is 0. The van der Waals surface area contributed by atoms with Gasteiger partial charge in [-0.25, -0.2) is 0 Å². The molecule has 1 aromatic heterocycles. The molecule has 10 aromatic rings. The lowest BCUT2D eigenvalue weighted by molar-refractivity contribution is 0.793. The van der Waals surface area contributed by atoms with Gasteiger partial charge in [-0.05, 0) is 123 Å². The van der Waals surface area contributed by atoms with Gasteiger partial charge in [0.25, 0.3) is 0 Å². The Labute approximate surface area is 342 Å². The molecule has 272 valence electrons. The second kappa shape index (κ2) is 12.9. The SMILES string of the molecule is c1ccc(N(c2ccccc2)c2ccc3c(c2)-c2ccccc2C32c3ccccc3-c3cc(N(c4ccccc4)c4ccc5c(c4)sc4ccccc45)ccc32)cc1. The first kappa shape index (κ1) is 33.0. The molecular formula is C55H36N2S. The Kier molecular flexibility index (Phi) is 7.35. The summed E-state index contributed by atoms with van der Waals surface area (Å²) < 4.78 is 2.61. The smallest absolute Gasteiger partial charge is 0.0725 e. The van der Waals surface area contributed by atoms with Crippen molar-refractivity contribution in [3.05, 3.63) is 241 Å². The number of fused-ring (bicyclic) bond motifs is 13. The third-order valence-electron chi connectivity index (χ3n) is 12.2. The lowest BCUT2D eigenvalue weighted by Gasteiger charge is -2.32. The van der Waals surface area contributed by atoms with Gasteiger partial charge in [0.1, 0.15) is 0 Å². The maximum atomic E-state index is 2.44. The largest absolute Gasteiger partial charge is 0.310 e. The molecule has 0 N–H and O–H groups in total. The van der Waals surface area contributed by atoms with Gasteiger partial charge in [0.15, 0.2) is 0 Å². The van der Waals surface area contributed by atoms with Gasteiger partial charge in [0.05, 0.1) is 5.41 Å². The Hall–Kier alpha value is -7.20. The maximum Gasteiger partial charge on any atom is 0.0725 e. The second-order valence-electron chi connectivity index (χ2n) is 15.3. The number of benzene rings is 9. The van der Waals surface area contributed by atoms with E-state index in [2.05, 4.69) is 228 Å². The molecule has 0 saturated carbocycles. The van der Waals surface area contributed by atoms with Gasteiger partial charge in [-0.2, -0.15) is 0 Å². The van der Waals surface area contributed by atoms with E-state index in [0.29, 0.717) is 0 Å². The van der Waals surface area contributed by atoms with E-state index >= 15 is 0 Å². The molecule has 2 nitrogen and oxygen atoms in total. The molecule has 0 aliphatic heterocycles. The van der Waals surface area contributed by atoms with Crippen molar-refractivity contribution in [1.82, 2.24) is 0 Å². The number of rotatable bonds is 6. The third-order valence-corrected chi connectivity index (χ3v) is 13.4. The van der Waals surface area contributed by atoms with E-state index < -0.39 is 5.41 Å². The van der Waals surface area contributed by atoms with Crippen molar-refractivity contribution in [2.45, 2.75) is 5.41 Å². The molecule has 12 rings (SSSR count). The first-order valence-electron chi connectivity index (χ1n) is 19.9. The first-order chi connectivity index (χ1) is 28.8. The van der Waals surface area contributed by atoms with Crippen molar-refractivity contribution >= 4 is 65.6 Å². The number of hydrogen-bond acceptors (Lipinski definition) is 3. The summed E-state index contributed by atoms with van der Waals surface area (Å²) in [6.45, 7) is 0. The average Bonchev–Trinajstić information content (AvgIpc) is 3.91. The Morgan fingerprint density at radius 2 is 0.672 bits per heavy atom. The van der Waals surface area contributed by atoms with Crippen molar-refractivity contribution in [3.63, 3.8) is 0 Å². The van der Waals surface area contributed by atoms with E-state index in [4.69, 9.17) is 0 Å². The molecule has 9 aromatic carbocycles. The molecule has 2 aliphatic carbocycles. The average molecular weight is 757 g/mol. The lowest BCUT2D eigenvalue weighted by atomic mass is 9.70. The monoisotopic (exact) mass is 756 g/mol. The van der Waals surface area contributed by atoms with E-state index in [1.165, 1.54) is 64.7 Å². The minimum absolute atomic E-state index is 0.452. The molecule has 0 saturated heterocycles. The summed E-state index contributed by atoms with van der Waals surface area (Å²) >= 11 is 1.86. The van der Waals surface area contributed by atoms with Crippen LogP contribution >= 0.6 is 11.3 Å². The molecule has 1 atom stereocenters. The van der Waals surface area contributed by atoms with Crippen LogP contribution in [0.2, 0.25) is 0 Å². The minimum Gasteiger partial charge on any atom is -0.310 e. The van der Waals surface area contributed by atoms with Crippen molar-refractivity contribution in [2.24, 2.45) is 0 Å². The quantitative estimate of drug-likeness (QED) is 0.167. The first-order valence-corrected chi connectivity index (χ1v) is 20.7. The summed E-state index contributed by atoms with van der Waals surface area (Å²) in [5, 5.41) is 2.62. The molecule has 2 aliphatic rings. The highest BCUT2D eigenvalue weighted by Gasteiger charge is 2.51. The zero-order valence-corrected chi connectivity index (χ0v) is 32.4. The van der Waals surface area contributed by atoms with Crippen LogP contribution in [-0.2, 0) is 5.41 Å². The van der Waals surface area contributed by atoms with Gasteiger partial charge >= 0.3 is 0 Å². The fourth-order valence-corrected chi connectivity index (χ4v) is 11.0. The third kappa shape index (κ3) is 4.78. The Balaban J connectivity index is 1.06. The number of thiophene rings is 1. The van der Waals surface area contributed by atoms with E-state index in [1.807, 2.05) is 11.3 Å². The van der Waals surface area contributed by atoms with Crippen LogP contribution in [0.15, 0.2) is 218 Å². The maximum absolute atomic E-state index is 2.44. The van der Waals surface area contributed by atoms with Gasteiger partial charge in [-0.15, -0.1) is 11.3 Å². The van der Waals surface area contributed by atoms with Crippen molar-refractivity contribution < 1.29 is 0 Å². The fourth-order valence-electron chi connectivity index (χ4n) is 9.88. The summed E-state index contributed by atoms with van der Waals surface area (Å²) in [7, 11) is 0. The minimum atomic E-state index is -0.452. The molecule has 0 amide bonds. The zero-order chi connectivity index (χ0) is 38.2. The van der Waals surface area contributed by atoms with E-state index in [0.717, 1.165) is 34.1 Å². The molecular weight excluding hydrogens is 721 g/mol. The van der Waals surface area contributed by atoms with Crippen molar-refractivity contribution in [3.8, 4) is 22.3 Å². The highest BCUT2D eigenvalue weighted by molar-refractivity contribution is 7.25. The van der Waals surface area contributed by atoms with E-state index in [9.17, 15) is 0 Å². The van der Waals surface area contributed by atoms with Crippen LogP contribution in [0, 0.1) is 0 Å². The lowest BCUT2D eigenvalue weighted by Crippen LogP contribution is -2.26. The zero-order valence-electron chi connectivity index (χ0n) is 31.6. The summed E-state index contributed by atoms with van der Waals surface area (Å²) in [6, 6.07) is 80.4. The van der Waals surface area contributed by atoms with Crippen LogP contribution < -0.4 is 9.80 Å². The van der Waals surface area contributed by atoms with Crippen LogP contribution in [0.3, 0.4) is 0 Å². The highest BCUT2D eigenvalue weighted by Crippen LogP contribution is 2.64.